The molecule has 27 heavy (non-hydrogen) atoms. The van der Waals surface area contributed by atoms with Crippen LogP contribution in [0, 0.1) is 6.92 Å². The van der Waals surface area contributed by atoms with Crippen LogP contribution in [0.2, 0.25) is 0 Å². The fourth-order valence-electron chi connectivity index (χ4n) is 4.03. The number of pyridine rings is 1. The summed E-state index contributed by atoms with van der Waals surface area (Å²) in [6.45, 7) is 3.83. The summed E-state index contributed by atoms with van der Waals surface area (Å²) in [5.41, 5.74) is 3.32. The molecule has 2 aliphatic heterocycles. The molecular formula is C22H20N2O3. The normalized spacial score (nSPS) is 15.8. The Balaban J connectivity index is 1.37. The van der Waals surface area contributed by atoms with Crippen LogP contribution in [0.5, 0.6) is 5.75 Å². The van der Waals surface area contributed by atoms with Gasteiger partial charge < -0.3 is 14.2 Å². The van der Waals surface area contributed by atoms with Crippen LogP contribution in [0.15, 0.2) is 53.5 Å². The number of aromatic nitrogens is 1. The molecule has 0 unspecified atom stereocenters. The number of hydrogen-bond acceptors (Lipinski definition) is 3. The van der Waals surface area contributed by atoms with Crippen molar-refractivity contribution in [2.75, 3.05) is 13.1 Å². The molecule has 0 spiro atoms. The van der Waals surface area contributed by atoms with Crippen molar-refractivity contribution in [3.63, 3.8) is 0 Å². The highest BCUT2D eigenvalue weighted by molar-refractivity contribution is 5.98. The van der Waals surface area contributed by atoms with Gasteiger partial charge >= 0.3 is 0 Å². The van der Waals surface area contributed by atoms with Crippen molar-refractivity contribution < 1.29 is 9.53 Å². The van der Waals surface area contributed by atoms with Gasteiger partial charge in [0.1, 0.15) is 17.4 Å². The van der Waals surface area contributed by atoms with Crippen LogP contribution in [-0.4, -0.2) is 34.6 Å². The van der Waals surface area contributed by atoms with E-state index in [1.54, 1.807) is 11.1 Å². The second-order valence-electron chi connectivity index (χ2n) is 7.34. The zero-order chi connectivity index (χ0) is 18.5. The summed E-state index contributed by atoms with van der Waals surface area (Å²) in [5.74, 6) is 0.647. The Labute approximate surface area is 156 Å². The average Bonchev–Trinajstić information content (AvgIpc) is 3.06. The van der Waals surface area contributed by atoms with E-state index in [-0.39, 0.29) is 23.0 Å². The zero-order valence-corrected chi connectivity index (χ0v) is 15.1. The van der Waals surface area contributed by atoms with E-state index in [1.165, 1.54) is 5.56 Å². The maximum absolute atomic E-state index is 12.9. The summed E-state index contributed by atoms with van der Waals surface area (Å²) in [6, 6.07) is 13.6. The smallest absolute Gasteiger partial charge is 0.259 e. The number of para-hydroxylation sites is 2. The maximum atomic E-state index is 12.9. The van der Waals surface area contributed by atoms with Gasteiger partial charge in [-0.05, 0) is 36.6 Å². The lowest BCUT2D eigenvalue weighted by molar-refractivity contribution is 0.0174. The van der Waals surface area contributed by atoms with Gasteiger partial charge in [-0.2, -0.15) is 0 Å². The quantitative estimate of drug-likeness (QED) is 0.722. The van der Waals surface area contributed by atoms with E-state index < -0.39 is 0 Å². The number of nitrogens with zero attached hydrogens (tertiary/aromatic N) is 2. The van der Waals surface area contributed by atoms with Gasteiger partial charge in [-0.3, -0.25) is 9.59 Å². The van der Waals surface area contributed by atoms with Crippen LogP contribution in [0.3, 0.4) is 0 Å². The van der Waals surface area contributed by atoms with Crippen molar-refractivity contribution in [1.82, 2.24) is 9.47 Å². The van der Waals surface area contributed by atoms with Gasteiger partial charge in [-0.15, -0.1) is 0 Å². The molecule has 1 aromatic heterocycles. The minimum atomic E-state index is -0.201. The lowest BCUT2D eigenvalue weighted by atomic mass is 10.1. The average molecular weight is 360 g/mol. The van der Waals surface area contributed by atoms with Crippen molar-refractivity contribution in [1.29, 1.82) is 0 Å². The summed E-state index contributed by atoms with van der Waals surface area (Å²) in [4.78, 5) is 27.5. The number of hydrogen-bond donors (Lipinski definition) is 0. The van der Waals surface area contributed by atoms with Gasteiger partial charge in [-0.25, -0.2) is 0 Å². The van der Waals surface area contributed by atoms with E-state index in [4.69, 9.17) is 4.74 Å². The Kier molecular flexibility index (Phi) is 3.57. The first-order chi connectivity index (χ1) is 13.1. The minimum Gasteiger partial charge on any atom is -0.486 e. The number of benzene rings is 2. The maximum Gasteiger partial charge on any atom is 0.259 e. The van der Waals surface area contributed by atoms with E-state index >= 15 is 0 Å². The van der Waals surface area contributed by atoms with Gasteiger partial charge in [0.15, 0.2) is 0 Å². The van der Waals surface area contributed by atoms with E-state index in [2.05, 4.69) is 6.07 Å². The van der Waals surface area contributed by atoms with Gasteiger partial charge in [0.25, 0.3) is 5.91 Å². The number of carbonyl (C=O) groups excluding carboxylic acids is 1. The third-order valence-electron chi connectivity index (χ3n) is 5.56. The fourth-order valence-corrected chi connectivity index (χ4v) is 4.03. The van der Waals surface area contributed by atoms with E-state index in [9.17, 15) is 9.59 Å². The van der Waals surface area contributed by atoms with Crippen molar-refractivity contribution in [2.24, 2.45) is 0 Å². The van der Waals surface area contributed by atoms with Crippen LogP contribution in [-0.2, 0) is 13.0 Å². The number of carbonyl (C=O) groups is 1. The monoisotopic (exact) mass is 360 g/mol. The van der Waals surface area contributed by atoms with Crippen LogP contribution >= 0.6 is 0 Å². The lowest BCUT2D eigenvalue weighted by Gasteiger charge is -2.39. The number of aryl methyl sites for hydroxylation is 3. The lowest BCUT2D eigenvalue weighted by Crippen LogP contribution is -2.56. The minimum absolute atomic E-state index is 0.0278. The van der Waals surface area contributed by atoms with Crippen LogP contribution in [0.4, 0.5) is 0 Å². The second-order valence-corrected chi connectivity index (χ2v) is 7.34. The van der Waals surface area contributed by atoms with Gasteiger partial charge in [-0.1, -0.05) is 30.3 Å². The molecule has 5 rings (SSSR count). The highest BCUT2D eigenvalue weighted by Crippen LogP contribution is 2.26. The first-order valence-corrected chi connectivity index (χ1v) is 9.28. The number of likely N-dealkylation sites (tertiary alicyclic amines) is 1. The molecule has 5 nitrogen and oxygen atoms in total. The third kappa shape index (κ3) is 2.53. The highest BCUT2D eigenvalue weighted by Gasteiger charge is 2.34. The Bertz CT molecular complexity index is 1130. The van der Waals surface area contributed by atoms with Crippen LogP contribution in [0.25, 0.3) is 10.9 Å². The molecule has 0 bridgehead atoms. The number of amides is 1. The summed E-state index contributed by atoms with van der Waals surface area (Å²) >= 11 is 0. The highest BCUT2D eigenvalue weighted by atomic mass is 16.5. The van der Waals surface area contributed by atoms with Crippen LogP contribution < -0.4 is 10.2 Å². The Morgan fingerprint density at radius 3 is 2.74 bits per heavy atom. The van der Waals surface area contributed by atoms with Crippen molar-refractivity contribution in [3.8, 4) is 5.75 Å². The Morgan fingerprint density at radius 2 is 1.93 bits per heavy atom. The molecule has 3 heterocycles. The third-order valence-corrected chi connectivity index (χ3v) is 5.56. The molecular weight excluding hydrogens is 340 g/mol. The van der Waals surface area contributed by atoms with E-state index in [1.807, 2.05) is 47.9 Å². The molecule has 1 saturated heterocycles. The molecule has 1 amide bonds. The summed E-state index contributed by atoms with van der Waals surface area (Å²) in [7, 11) is 0. The van der Waals surface area contributed by atoms with Crippen molar-refractivity contribution >= 4 is 16.8 Å². The van der Waals surface area contributed by atoms with E-state index in [0.717, 1.165) is 29.8 Å². The van der Waals surface area contributed by atoms with Crippen molar-refractivity contribution in [3.05, 3.63) is 75.6 Å². The van der Waals surface area contributed by atoms with Crippen molar-refractivity contribution in [2.45, 2.75) is 26.0 Å². The predicted molar refractivity (Wildman–Crippen MR) is 103 cm³/mol. The van der Waals surface area contributed by atoms with Gasteiger partial charge in [0.2, 0.25) is 5.43 Å². The van der Waals surface area contributed by atoms with Crippen LogP contribution in [0.1, 0.15) is 21.5 Å². The number of rotatable bonds is 3. The Hall–Kier alpha value is -3.08. The number of ether oxygens (including phenoxy) is 1. The molecule has 0 N–H and O–H groups in total. The summed E-state index contributed by atoms with van der Waals surface area (Å²) in [5, 5.41) is 0.643. The molecule has 2 aliphatic rings. The molecule has 3 aromatic rings. The Morgan fingerprint density at radius 1 is 1.11 bits per heavy atom. The first kappa shape index (κ1) is 16.1. The first-order valence-electron chi connectivity index (χ1n) is 9.28. The molecule has 1 fully saturated rings. The summed E-state index contributed by atoms with van der Waals surface area (Å²) in [6.07, 6.45) is 2.61. The molecule has 136 valence electrons. The molecule has 5 heteroatoms. The molecule has 2 aromatic carbocycles. The topological polar surface area (TPSA) is 51.5 Å². The zero-order valence-electron chi connectivity index (χ0n) is 15.1. The molecule has 0 radical (unpaired) electrons. The standard InChI is InChI=1S/C22H20N2O3/c1-14-5-2-3-8-19(14)27-16-11-24(12-16)22(26)18-13-23-10-9-15-6-4-7-17(20(15)23)21(18)25/h2-8,13,16H,9-12H2,1H3. The summed E-state index contributed by atoms with van der Waals surface area (Å²) < 4.78 is 8.02. The van der Waals surface area contributed by atoms with Gasteiger partial charge in [0, 0.05) is 18.1 Å². The largest absolute Gasteiger partial charge is 0.486 e. The predicted octanol–water partition coefficient (Wildman–Crippen LogP) is 2.77. The molecule has 0 atom stereocenters. The fraction of sp³-hybridized carbons (Fsp3) is 0.273. The molecule has 0 saturated carbocycles. The SMILES string of the molecule is Cc1ccccc1OC1CN(C(=O)c2cn3c4c(cccc4c2=O)CC3)C1. The molecule has 0 aliphatic carbocycles. The van der Waals surface area contributed by atoms with E-state index in [0.29, 0.717) is 18.5 Å². The second kappa shape index (κ2) is 5.98. The van der Waals surface area contributed by atoms with Gasteiger partial charge in [0.05, 0.1) is 18.6 Å².